The van der Waals surface area contributed by atoms with Crippen LogP contribution in [-0.2, 0) is 0 Å². The summed E-state index contributed by atoms with van der Waals surface area (Å²) in [6, 6.07) is 20.0. The molecule has 0 unspecified atom stereocenters. The Morgan fingerprint density at radius 2 is 1.68 bits per heavy atom. The quantitative estimate of drug-likeness (QED) is 0.152. The number of benzene rings is 3. The van der Waals surface area contributed by atoms with E-state index in [0.717, 1.165) is 36.0 Å². The van der Waals surface area contributed by atoms with Gasteiger partial charge in [-0.05, 0) is 69.5 Å². The molecule has 0 saturated heterocycles. The SMILES string of the molecule is CNc1ncnc(-c2cccnc2Oc2ccc(NC(=O)Nc3cc(Cl)ccc3N(C)CCCN(C)C)c3ccccc23)n1. The smallest absolute Gasteiger partial charge is 0.323 e. The van der Waals surface area contributed by atoms with E-state index in [0.29, 0.717) is 45.4 Å². The van der Waals surface area contributed by atoms with Crippen LogP contribution < -0.4 is 25.6 Å². The molecule has 44 heavy (non-hydrogen) atoms. The van der Waals surface area contributed by atoms with Crippen molar-refractivity contribution in [2.24, 2.45) is 0 Å². The Hall–Kier alpha value is -5.00. The monoisotopic (exact) mass is 611 g/mol. The fraction of sp³-hybridized carbons (Fsp3) is 0.219. The average molecular weight is 612 g/mol. The van der Waals surface area contributed by atoms with Gasteiger partial charge >= 0.3 is 6.03 Å². The van der Waals surface area contributed by atoms with Crippen molar-refractivity contribution >= 4 is 51.4 Å². The topological polar surface area (TPSA) is 120 Å². The van der Waals surface area contributed by atoms with Crippen molar-refractivity contribution in [2.75, 3.05) is 62.1 Å². The lowest BCUT2D eigenvalue weighted by Gasteiger charge is -2.24. The van der Waals surface area contributed by atoms with Crippen molar-refractivity contribution in [3.05, 3.63) is 84.3 Å². The highest BCUT2D eigenvalue weighted by molar-refractivity contribution is 6.31. The Morgan fingerprint density at radius 1 is 0.886 bits per heavy atom. The number of urea groups is 1. The predicted molar refractivity (Wildman–Crippen MR) is 177 cm³/mol. The molecule has 226 valence electrons. The van der Waals surface area contributed by atoms with Crippen LogP contribution in [0.4, 0.5) is 27.8 Å². The number of hydrogen-bond acceptors (Lipinski definition) is 9. The van der Waals surface area contributed by atoms with Gasteiger partial charge in [-0.2, -0.15) is 4.98 Å². The normalized spacial score (nSPS) is 11.0. The zero-order chi connectivity index (χ0) is 31.1. The fourth-order valence-corrected chi connectivity index (χ4v) is 4.90. The van der Waals surface area contributed by atoms with Crippen molar-refractivity contribution < 1.29 is 9.53 Å². The third-order valence-corrected chi connectivity index (χ3v) is 7.10. The van der Waals surface area contributed by atoms with Gasteiger partial charge in [-0.1, -0.05) is 35.9 Å². The van der Waals surface area contributed by atoms with E-state index in [1.165, 1.54) is 6.33 Å². The van der Waals surface area contributed by atoms with Gasteiger partial charge in [0, 0.05) is 42.6 Å². The van der Waals surface area contributed by atoms with Gasteiger partial charge in [-0.25, -0.2) is 19.7 Å². The van der Waals surface area contributed by atoms with Crippen LogP contribution in [0.3, 0.4) is 0 Å². The molecular weight excluding hydrogens is 578 g/mol. The molecule has 0 atom stereocenters. The summed E-state index contributed by atoms with van der Waals surface area (Å²) in [4.78, 5) is 34.8. The van der Waals surface area contributed by atoms with Crippen LogP contribution in [0, 0.1) is 0 Å². The first-order chi connectivity index (χ1) is 21.3. The average Bonchev–Trinajstić information content (AvgIpc) is 3.02. The van der Waals surface area contributed by atoms with Gasteiger partial charge in [-0.3, -0.25) is 0 Å². The van der Waals surface area contributed by atoms with E-state index in [2.05, 4.69) is 59.8 Å². The zero-order valence-electron chi connectivity index (χ0n) is 25.0. The van der Waals surface area contributed by atoms with Gasteiger partial charge in [0.15, 0.2) is 5.82 Å². The minimum atomic E-state index is -0.392. The second kappa shape index (κ2) is 14.0. The largest absolute Gasteiger partial charge is 0.438 e. The summed E-state index contributed by atoms with van der Waals surface area (Å²) >= 11 is 6.31. The molecule has 2 heterocycles. The van der Waals surface area contributed by atoms with Gasteiger partial charge in [0.2, 0.25) is 11.8 Å². The number of anilines is 4. The van der Waals surface area contributed by atoms with Gasteiger partial charge in [0.25, 0.3) is 0 Å². The van der Waals surface area contributed by atoms with E-state index in [1.54, 1.807) is 37.5 Å². The molecule has 0 spiro atoms. The molecule has 0 bridgehead atoms. The Morgan fingerprint density at radius 3 is 2.48 bits per heavy atom. The summed E-state index contributed by atoms with van der Waals surface area (Å²) in [6.07, 6.45) is 4.05. The maximum absolute atomic E-state index is 13.3. The summed E-state index contributed by atoms with van der Waals surface area (Å²) in [5, 5.41) is 11.0. The minimum absolute atomic E-state index is 0.340. The molecule has 0 saturated carbocycles. The van der Waals surface area contributed by atoms with Crippen molar-refractivity contribution in [3.8, 4) is 23.0 Å². The standard InChI is InChI=1S/C32H34ClN9O2/c1-34-31-37-20-36-29(40-31)24-11-7-16-35-30(24)44-28-15-13-25(22-9-5-6-10-23(22)28)38-32(43)39-26-19-21(33)12-14-27(26)42(4)18-8-17-41(2)3/h5-7,9-16,19-20H,8,17-18H2,1-4H3,(H2,38,39,43)(H,34,36,37,40). The molecule has 5 aromatic rings. The molecule has 0 radical (unpaired) electrons. The number of amides is 2. The van der Waals surface area contributed by atoms with E-state index in [4.69, 9.17) is 16.3 Å². The third-order valence-electron chi connectivity index (χ3n) is 6.86. The summed E-state index contributed by atoms with van der Waals surface area (Å²) in [5.41, 5.74) is 2.73. The molecule has 0 aliphatic rings. The highest BCUT2D eigenvalue weighted by Crippen LogP contribution is 2.37. The molecular formula is C32H34ClN9O2. The number of hydrogen-bond donors (Lipinski definition) is 3. The maximum Gasteiger partial charge on any atom is 0.323 e. The first kappa shape index (κ1) is 30.5. The highest BCUT2D eigenvalue weighted by Gasteiger charge is 2.17. The lowest BCUT2D eigenvalue weighted by Crippen LogP contribution is -2.26. The van der Waals surface area contributed by atoms with Crippen molar-refractivity contribution in [3.63, 3.8) is 0 Å². The number of carbonyl (C=O) groups is 1. The van der Waals surface area contributed by atoms with E-state index < -0.39 is 6.03 Å². The molecule has 0 aliphatic heterocycles. The number of pyridine rings is 1. The number of ether oxygens (including phenoxy) is 1. The van der Waals surface area contributed by atoms with Crippen LogP contribution in [0.1, 0.15) is 6.42 Å². The number of rotatable bonds is 11. The zero-order valence-corrected chi connectivity index (χ0v) is 25.8. The Labute approximate surface area is 261 Å². The highest BCUT2D eigenvalue weighted by atomic mass is 35.5. The van der Waals surface area contributed by atoms with Crippen LogP contribution in [0.5, 0.6) is 11.6 Å². The number of nitrogens with zero attached hydrogens (tertiary/aromatic N) is 6. The molecule has 2 amide bonds. The lowest BCUT2D eigenvalue weighted by atomic mass is 10.1. The van der Waals surface area contributed by atoms with Crippen molar-refractivity contribution in [1.82, 2.24) is 24.8 Å². The van der Waals surface area contributed by atoms with Crippen LogP contribution in [0.15, 0.2) is 79.3 Å². The summed E-state index contributed by atoms with van der Waals surface area (Å²) in [5.74, 6) is 1.76. The number of nitrogens with one attached hydrogen (secondary N) is 3. The molecule has 11 nitrogen and oxygen atoms in total. The molecule has 0 aliphatic carbocycles. The van der Waals surface area contributed by atoms with Crippen LogP contribution in [0.25, 0.3) is 22.2 Å². The molecule has 0 fully saturated rings. The fourth-order valence-electron chi connectivity index (χ4n) is 4.72. The van der Waals surface area contributed by atoms with Gasteiger partial charge in [0.05, 0.1) is 22.6 Å². The summed E-state index contributed by atoms with van der Waals surface area (Å²) in [7, 11) is 7.84. The Balaban J connectivity index is 1.38. The first-order valence-corrected chi connectivity index (χ1v) is 14.5. The Bertz CT molecular complexity index is 1770. The first-order valence-electron chi connectivity index (χ1n) is 14.1. The van der Waals surface area contributed by atoms with Gasteiger partial charge < -0.3 is 30.5 Å². The number of fused-ring (bicyclic) bond motifs is 1. The third kappa shape index (κ3) is 7.31. The van der Waals surface area contributed by atoms with E-state index >= 15 is 0 Å². The molecule has 5 rings (SSSR count). The Kier molecular flexibility index (Phi) is 9.68. The summed E-state index contributed by atoms with van der Waals surface area (Å²) in [6.45, 7) is 1.79. The van der Waals surface area contributed by atoms with Gasteiger partial charge in [0.1, 0.15) is 12.1 Å². The van der Waals surface area contributed by atoms with Crippen LogP contribution in [-0.4, -0.2) is 72.1 Å². The molecule has 12 heteroatoms. The number of aromatic nitrogens is 4. The van der Waals surface area contributed by atoms with Crippen molar-refractivity contribution in [1.29, 1.82) is 0 Å². The minimum Gasteiger partial charge on any atom is -0.438 e. The van der Waals surface area contributed by atoms with Crippen molar-refractivity contribution in [2.45, 2.75) is 6.42 Å². The molecule has 3 N–H and O–H groups in total. The number of carbonyl (C=O) groups excluding carboxylic acids is 1. The number of halogens is 1. The molecule has 3 aromatic carbocycles. The summed E-state index contributed by atoms with van der Waals surface area (Å²) < 4.78 is 6.33. The van der Waals surface area contributed by atoms with Crippen LogP contribution in [0.2, 0.25) is 5.02 Å². The van der Waals surface area contributed by atoms with Crippen LogP contribution >= 0.6 is 11.6 Å². The van der Waals surface area contributed by atoms with E-state index in [1.807, 2.05) is 49.5 Å². The molecule has 2 aromatic heterocycles. The lowest BCUT2D eigenvalue weighted by molar-refractivity contribution is 0.262. The maximum atomic E-state index is 13.3. The van der Waals surface area contributed by atoms with E-state index in [9.17, 15) is 4.79 Å². The second-order valence-electron chi connectivity index (χ2n) is 10.3. The van der Waals surface area contributed by atoms with E-state index in [-0.39, 0.29) is 0 Å². The predicted octanol–water partition coefficient (Wildman–Crippen LogP) is 6.61. The second-order valence-corrected chi connectivity index (χ2v) is 10.8. The van der Waals surface area contributed by atoms with Gasteiger partial charge in [-0.15, -0.1) is 0 Å².